The lowest BCUT2D eigenvalue weighted by Crippen LogP contribution is -2.26. The molecule has 1 aromatic rings. The molecule has 0 bridgehead atoms. The quantitative estimate of drug-likeness (QED) is 0.777. The van der Waals surface area contributed by atoms with Gasteiger partial charge in [0.05, 0.1) is 19.1 Å². The lowest BCUT2D eigenvalue weighted by molar-refractivity contribution is -0.142. The minimum atomic E-state index is -0.315. The van der Waals surface area contributed by atoms with Crippen LogP contribution < -0.4 is 10.1 Å². The fraction of sp³-hybridized carbons (Fsp3) is 0.467. The first kappa shape index (κ1) is 16.0. The number of carbonyl (C=O) groups excluding carboxylic acids is 2. The highest BCUT2D eigenvalue weighted by Crippen LogP contribution is 2.14. The number of carbonyl (C=O) groups is 2. The first-order valence-corrected chi connectivity index (χ1v) is 6.73. The summed E-state index contributed by atoms with van der Waals surface area (Å²) in [6.45, 7) is 6.20. The molecule has 20 heavy (non-hydrogen) atoms. The van der Waals surface area contributed by atoms with Crippen LogP contribution in [0.1, 0.15) is 37.6 Å². The Balaban J connectivity index is 2.49. The van der Waals surface area contributed by atoms with E-state index in [0.717, 1.165) is 0 Å². The third-order valence-electron chi connectivity index (χ3n) is 2.39. The van der Waals surface area contributed by atoms with Gasteiger partial charge in [-0.2, -0.15) is 0 Å². The van der Waals surface area contributed by atoms with Crippen molar-refractivity contribution in [1.29, 1.82) is 0 Å². The maximum absolute atomic E-state index is 11.9. The Morgan fingerprint density at radius 2 is 2.05 bits per heavy atom. The zero-order valence-electron chi connectivity index (χ0n) is 12.1. The van der Waals surface area contributed by atoms with E-state index in [1.165, 1.54) is 0 Å². The van der Waals surface area contributed by atoms with Crippen LogP contribution in [0.4, 0.5) is 0 Å². The average Bonchev–Trinajstić information content (AvgIpc) is 2.38. The Morgan fingerprint density at radius 1 is 1.30 bits per heavy atom. The van der Waals surface area contributed by atoms with Gasteiger partial charge in [0.2, 0.25) is 0 Å². The van der Waals surface area contributed by atoms with Crippen LogP contribution in [0.2, 0.25) is 0 Å². The van der Waals surface area contributed by atoms with Gasteiger partial charge < -0.3 is 14.8 Å². The van der Waals surface area contributed by atoms with Gasteiger partial charge in [0.25, 0.3) is 5.91 Å². The fourth-order valence-electron chi connectivity index (χ4n) is 1.60. The topological polar surface area (TPSA) is 64.6 Å². The minimum absolute atomic E-state index is 0.0529. The molecule has 0 saturated heterocycles. The Labute approximate surface area is 119 Å². The van der Waals surface area contributed by atoms with E-state index < -0.39 is 0 Å². The first-order chi connectivity index (χ1) is 9.52. The largest absolute Gasteiger partial charge is 0.491 e. The molecule has 1 N–H and O–H groups in total. The van der Waals surface area contributed by atoms with E-state index >= 15 is 0 Å². The van der Waals surface area contributed by atoms with Gasteiger partial charge in [0.1, 0.15) is 5.75 Å². The highest BCUT2D eigenvalue weighted by molar-refractivity contribution is 5.94. The van der Waals surface area contributed by atoms with Crippen LogP contribution in [0.25, 0.3) is 0 Å². The van der Waals surface area contributed by atoms with Crippen LogP contribution in [0.5, 0.6) is 5.75 Å². The smallest absolute Gasteiger partial charge is 0.307 e. The van der Waals surface area contributed by atoms with E-state index in [0.29, 0.717) is 17.9 Å². The predicted octanol–water partition coefficient (Wildman–Crippen LogP) is 2.16. The van der Waals surface area contributed by atoms with E-state index in [1.54, 1.807) is 31.2 Å². The Bertz CT molecular complexity index is 457. The van der Waals surface area contributed by atoms with Crippen LogP contribution >= 0.6 is 0 Å². The monoisotopic (exact) mass is 279 g/mol. The van der Waals surface area contributed by atoms with Crippen LogP contribution in [0.3, 0.4) is 0 Å². The maximum atomic E-state index is 11.9. The molecule has 1 rings (SSSR count). The van der Waals surface area contributed by atoms with Crippen molar-refractivity contribution in [2.75, 3.05) is 13.2 Å². The number of nitrogens with one attached hydrogen (secondary N) is 1. The van der Waals surface area contributed by atoms with Gasteiger partial charge in [-0.3, -0.25) is 9.59 Å². The molecule has 1 aromatic carbocycles. The number of hydrogen-bond acceptors (Lipinski definition) is 4. The molecule has 0 aliphatic carbocycles. The molecule has 0 unspecified atom stereocenters. The van der Waals surface area contributed by atoms with Gasteiger partial charge in [-0.1, -0.05) is 6.07 Å². The Hall–Kier alpha value is -2.04. The van der Waals surface area contributed by atoms with Crippen molar-refractivity contribution in [2.45, 2.75) is 33.3 Å². The Kier molecular flexibility index (Phi) is 6.56. The average molecular weight is 279 g/mol. The predicted molar refractivity (Wildman–Crippen MR) is 75.8 cm³/mol. The third-order valence-corrected chi connectivity index (χ3v) is 2.39. The molecule has 0 saturated carbocycles. The summed E-state index contributed by atoms with van der Waals surface area (Å²) in [7, 11) is 0. The molecule has 0 atom stereocenters. The number of rotatable bonds is 7. The van der Waals surface area contributed by atoms with Gasteiger partial charge >= 0.3 is 5.97 Å². The van der Waals surface area contributed by atoms with E-state index in [4.69, 9.17) is 9.47 Å². The summed E-state index contributed by atoms with van der Waals surface area (Å²) in [5.41, 5.74) is 0.506. The maximum Gasteiger partial charge on any atom is 0.307 e. The lowest BCUT2D eigenvalue weighted by atomic mass is 10.2. The molecule has 0 aliphatic heterocycles. The molecule has 5 nitrogen and oxygen atoms in total. The second kappa shape index (κ2) is 8.19. The molecule has 1 amide bonds. The van der Waals surface area contributed by atoms with Gasteiger partial charge in [-0.05, 0) is 39.0 Å². The van der Waals surface area contributed by atoms with Crippen molar-refractivity contribution >= 4 is 11.9 Å². The molecule has 0 aromatic heterocycles. The van der Waals surface area contributed by atoms with Crippen molar-refractivity contribution in [2.24, 2.45) is 0 Å². The van der Waals surface area contributed by atoms with Gasteiger partial charge in [-0.25, -0.2) is 0 Å². The van der Waals surface area contributed by atoms with Crippen molar-refractivity contribution in [1.82, 2.24) is 5.32 Å². The van der Waals surface area contributed by atoms with Crippen molar-refractivity contribution in [3.05, 3.63) is 29.8 Å². The van der Waals surface area contributed by atoms with Crippen LogP contribution in [-0.4, -0.2) is 31.1 Å². The number of hydrogen-bond donors (Lipinski definition) is 1. The number of esters is 1. The van der Waals surface area contributed by atoms with Crippen molar-refractivity contribution in [3.8, 4) is 5.75 Å². The summed E-state index contributed by atoms with van der Waals surface area (Å²) >= 11 is 0. The number of amides is 1. The zero-order chi connectivity index (χ0) is 15.0. The second-order valence-corrected chi connectivity index (χ2v) is 4.51. The van der Waals surface area contributed by atoms with Gasteiger partial charge in [0.15, 0.2) is 0 Å². The highest BCUT2D eigenvalue weighted by atomic mass is 16.5. The molecule has 0 heterocycles. The molecule has 0 spiro atoms. The zero-order valence-corrected chi connectivity index (χ0v) is 12.1. The summed E-state index contributed by atoms with van der Waals surface area (Å²) in [6.07, 6.45) is 0.221. The molecule has 110 valence electrons. The summed E-state index contributed by atoms with van der Waals surface area (Å²) in [5.74, 6) is 0.103. The lowest BCUT2D eigenvalue weighted by Gasteiger charge is -2.11. The van der Waals surface area contributed by atoms with E-state index in [2.05, 4.69) is 5.32 Å². The van der Waals surface area contributed by atoms with E-state index in [-0.39, 0.29) is 30.9 Å². The van der Waals surface area contributed by atoms with Gasteiger partial charge in [0, 0.05) is 12.1 Å². The summed E-state index contributed by atoms with van der Waals surface area (Å²) in [6, 6.07) is 6.94. The van der Waals surface area contributed by atoms with E-state index in [9.17, 15) is 9.59 Å². The molecule has 0 aliphatic rings. The molecular weight excluding hydrogens is 258 g/mol. The second-order valence-electron chi connectivity index (χ2n) is 4.51. The summed E-state index contributed by atoms with van der Waals surface area (Å²) in [4.78, 5) is 23.0. The highest BCUT2D eigenvalue weighted by Gasteiger charge is 2.08. The van der Waals surface area contributed by atoms with Crippen LogP contribution in [-0.2, 0) is 9.53 Å². The van der Waals surface area contributed by atoms with Crippen LogP contribution in [0, 0.1) is 0 Å². The minimum Gasteiger partial charge on any atom is -0.491 e. The first-order valence-electron chi connectivity index (χ1n) is 6.73. The Morgan fingerprint density at radius 3 is 2.70 bits per heavy atom. The third kappa shape index (κ3) is 5.73. The summed E-state index contributed by atoms with van der Waals surface area (Å²) < 4.78 is 10.3. The standard InChI is InChI=1S/C15H21NO4/c1-4-19-14(17)8-9-16-15(18)12-6-5-7-13(10-12)20-11(2)3/h5-7,10-11H,4,8-9H2,1-3H3,(H,16,18). The van der Waals surface area contributed by atoms with Crippen LogP contribution in [0.15, 0.2) is 24.3 Å². The van der Waals surface area contributed by atoms with Gasteiger partial charge in [-0.15, -0.1) is 0 Å². The molecular formula is C15H21NO4. The fourth-order valence-corrected chi connectivity index (χ4v) is 1.60. The molecule has 5 heteroatoms. The van der Waals surface area contributed by atoms with E-state index in [1.807, 2.05) is 13.8 Å². The number of ether oxygens (including phenoxy) is 2. The van der Waals surface area contributed by atoms with Crippen molar-refractivity contribution < 1.29 is 19.1 Å². The molecule has 0 radical (unpaired) electrons. The van der Waals surface area contributed by atoms with Crippen molar-refractivity contribution in [3.63, 3.8) is 0 Å². The summed E-state index contributed by atoms with van der Waals surface area (Å²) in [5, 5.41) is 2.67. The SMILES string of the molecule is CCOC(=O)CCNC(=O)c1cccc(OC(C)C)c1. The number of benzene rings is 1. The molecule has 0 fully saturated rings. The normalized spacial score (nSPS) is 10.2.